The minimum atomic E-state index is -3.41. The maximum atomic E-state index is 12.2. The summed E-state index contributed by atoms with van der Waals surface area (Å²) < 4.78 is 25.7. The Morgan fingerprint density at radius 1 is 1.21 bits per heavy atom. The zero-order valence-electron chi connectivity index (χ0n) is 14.5. The number of hydrogen-bond acceptors (Lipinski definition) is 4. The van der Waals surface area contributed by atoms with Crippen molar-refractivity contribution in [2.24, 2.45) is 0 Å². The first kappa shape index (κ1) is 18.7. The second kappa shape index (κ2) is 7.96. The molecule has 0 spiro atoms. The molecule has 1 saturated heterocycles. The Labute approximate surface area is 144 Å². The molecule has 0 aliphatic carbocycles. The Hall–Kier alpha value is -1.64. The standard InChI is InChI=1S/C16H26N4O3S/c1-4-17-16(21)20-10-8-19(9-11-20)13-14-6-5-7-15(12-14)24(22,23)18(2)3/h5-7,12H,4,8-11,13H2,1-3H3,(H,17,21). The average Bonchev–Trinajstić information content (AvgIpc) is 2.56. The lowest BCUT2D eigenvalue weighted by Crippen LogP contribution is -2.51. The third kappa shape index (κ3) is 4.46. The Morgan fingerprint density at radius 3 is 2.46 bits per heavy atom. The van der Waals surface area contributed by atoms with Crippen molar-refractivity contribution in [1.82, 2.24) is 19.4 Å². The molecular weight excluding hydrogens is 328 g/mol. The lowest BCUT2D eigenvalue weighted by atomic mass is 10.2. The molecular formula is C16H26N4O3S. The molecule has 0 saturated carbocycles. The largest absolute Gasteiger partial charge is 0.338 e. The van der Waals surface area contributed by atoms with Gasteiger partial charge in [-0.1, -0.05) is 12.1 Å². The van der Waals surface area contributed by atoms with E-state index in [9.17, 15) is 13.2 Å². The third-order valence-corrected chi connectivity index (χ3v) is 5.88. The molecule has 1 N–H and O–H groups in total. The molecule has 1 aliphatic heterocycles. The van der Waals surface area contributed by atoms with Crippen LogP contribution in [0.15, 0.2) is 29.2 Å². The van der Waals surface area contributed by atoms with Crippen molar-refractivity contribution in [3.63, 3.8) is 0 Å². The number of carbonyl (C=O) groups excluding carboxylic acids is 1. The van der Waals surface area contributed by atoms with E-state index in [1.54, 1.807) is 18.2 Å². The number of hydrogen-bond donors (Lipinski definition) is 1. The summed E-state index contributed by atoms with van der Waals surface area (Å²) >= 11 is 0. The maximum absolute atomic E-state index is 12.2. The van der Waals surface area contributed by atoms with Crippen LogP contribution in [0.25, 0.3) is 0 Å². The molecule has 2 rings (SSSR count). The molecule has 0 unspecified atom stereocenters. The van der Waals surface area contributed by atoms with Crippen LogP contribution in [0.1, 0.15) is 12.5 Å². The SMILES string of the molecule is CCNC(=O)N1CCN(Cc2cccc(S(=O)(=O)N(C)C)c2)CC1. The smallest absolute Gasteiger partial charge is 0.317 e. The first-order chi connectivity index (χ1) is 11.3. The van der Waals surface area contributed by atoms with Crippen LogP contribution in [0.4, 0.5) is 4.79 Å². The van der Waals surface area contributed by atoms with Crippen molar-refractivity contribution in [1.29, 1.82) is 0 Å². The van der Waals surface area contributed by atoms with Gasteiger partial charge >= 0.3 is 6.03 Å². The van der Waals surface area contributed by atoms with Crippen molar-refractivity contribution >= 4 is 16.1 Å². The van der Waals surface area contributed by atoms with Crippen molar-refractivity contribution in [2.75, 3.05) is 46.8 Å². The fourth-order valence-corrected chi connectivity index (χ4v) is 3.62. The highest BCUT2D eigenvalue weighted by molar-refractivity contribution is 7.89. The summed E-state index contributed by atoms with van der Waals surface area (Å²) in [6, 6.07) is 7.04. The van der Waals surface area contributed by atoms with Gasteiger partial charge in [-0.15, -0.1) is 0 Å². The van der Waals surface area contributed by atoms with Crippen LogP contribution in [0.5, 0.6) is 0 Å². The van der Waals surface area contributed by atoms with Crippen molar-refractivity contribution in [3.05, 3.63) is 29.8 Å². The zero-order valence-corrected chi connectivity index (χ0v) is 15.3. The summed E-state index contributed by atoms with van der Waals surface area (Å²) in [6.07, 6.45) is 0. The average molecular weight is 354 g/mol. The summed E-state index contributed by atoms with van der Waals surface area (Å²) in [7, 11) is -0.352. The molecule has 2 amide bonds. The molecule has 1 aliphatic rings. The third-order valence-electron chi connectivity index (χ3n) is 4.07. The minimum absolute atomic E-state index is 0.0174. The van der Waals surface area contributed by atoms with Gasteiger partial charge in [0.05, 0.1) is 4.90 Å². The fourth-order valence-electron chi connectivity index (χ4n) is 2.65. The number of piperazine rings is 1. The van der Waals surface area contributed by atoms with E-state index in [4.69, 9.17) is 0 Å². The predicted molar refractivity (Wildman–Crippen MR) is 93.2 cm³/mol. The van der Waals surface area contributed by atoms with Gasteiger partial charge in [0.2, 0.25) is 10.0 Å². The number of carbonyl (C=O) groups is 1. The van der Waals surface area contributed by atoms with E-state index in [0.717, 1.165) is 18.7 Å². The number of urea groups is 1. The van der Waals surface area contributed by atoms with E-state index in [1.165, 1.54) is 18.4 Å². The highest BCUT2D eigenvalue weighted by Gasteiger charge is 2.21. The summed E-state index contributed by atoms with van der Waals surface area (Å²) in [5, 5.41) is 2.81. The van der Waals surface area contributed by atoms with Gasteiger partial charge in [0.25, 0.3) is 0 Å². The molecule has 134 valence electrons. The molecule has 1 fully saturated rings. The number of rotatable bonds is 5. The summed E-state index contributed by atoms with van der Waals surface area (Å²) in [4.78, 5) is 16.2. The molecule has 0 aromatic heterocycles. The minimum Gasteiger partial charge on any atom is -0.338 e. The quantitative estimate of drug-likeness (QED) is 0.848. The monoisotopic (exact) mass is 354 g/mol. The van der Waals surface area contributed by atoms with Gasteiger partial charge in [0.15, 0.2) is 0 Å². The van der Waals surface area contributed by atoms with Gasteiger partial charge in [-0.25, -0.2) is 17.5 Å². The molecule has 1 aromatic rings. The van der Waals surface area contributed by atoms with E-state index in [0.29, 0.717) is 31.1 Å². The van der Waals surface area contributed by atoms with Crippen LogP contribution >= 0.6 is 0 Å². The van der Waals surface area contributed by atoms with E-state index < -0.39 is 10.0 Å². The molecule has 7 nitrogen and oxygen atoms in total. The van der Waals surface area contributed by atoms with Gasteiger partial charge in [-0.05, 0) is 24.6 Å². The van der Waals surface area contributed by atoms with Crippen LogP contribution in [-0.4, -0.2) is 75.4 Å². The molecule has 1 aromatic carbocycles. The van der Waals surface area contributed by atoms with Crippen molar-refractivity contribution in [2.45, 2.75) is 18.4 Å². The topological polar surface area (TPSA) is 73.0 Å². The molecule has 24 heavy (non-hydrogen) atoms. The summed E-state index contributed by atoms with van der Waals surface area (Å²) in [6.45, 7) is 6.14. The lowest BCUT2D eigenvalue weighted by Gasteiger charge is -2.34. The van der Waals surface area contributed by atoms with Crippen LogP contribution in [-0.2, 0) is 16.6 Å². The highest BCUT2D eigenvalue weighted by Crippen LogP contribution is 2.16. The molecule has 0 radical (unpaired) electrons. The Morgan fingerprint density at radius 2 is 1.88 bits per heavy atom. The second-order valence-corrected chi connectivity index (χ2v) is 8.19. The maximum Gasteiger partial charge on any atom is 0.317 e. The number of amides is 2. The number of nitrogens with zero attached hydrogens (tertiary/aromatic N) is 3. The van der Waals surface area contributed by atoms with E-state index in [1.807, 2.05) is 17.9 Å². The summed E-state index contributed by atoms with van der Waals surface area (Å²) in [5.74, 6) is 0. The number of benzene rings is 1. The summed E-state index contributed by atoms with van der Waals surface area (Å²) in [5.41, 5.74) is 0.962. The Kier molecular flexibility index (Phi) is 6.20. The Balaban J connectivity index is 1.97. The van der Waals surface area contributed by atoms with Crippen LogP contribution in [0.2, 0.25) is 0 Å². The molecule has 8 heteroatoms. The molecule has 1 heterocycles. The van der Waals surface area contributed by atoms with Crippen molar-refractivity contribution in [3.8, 4) is 0 Å². The predicted octanol–water partition coefficient (Wildman–Crippen LogP) is 0.784. The number of nitrogens with one attached hydrogen (secondary N) is 1. The van der Waals surface area contributed by atoms with Gasteiger partial charge < -0.3 is 10.2 Å². The highest BCUT2D eigenvalue weighted by atomic mass is 32.2. The molecule has 0 bridgehead atoms. The van der Waals surface area contributed by atoms with Gasteiger partial charge in [0.1, 0.15) is 0 Å². The van der Waals surface area contributed by atoms with Crippen LogP contribution < -0.4 is 5.32 Å². The van der Waals surface area contributed by atoms with Crippen LogP contribution in [0, 0.1) is 0 Å². The second-order valence-electron chi connectivity index (χ2n) is 6.03. The normalized spacial score (nSPS) is 16.4. The first-order valence-corrected chi connectivity index (χ1v) is 9.55. The first-order valence-electron chi connectivity index (χ1n) is 8.11. The van der Waals surface area contributed by atoms with E-state index in [2.05, 4.69) is 10.2 Å². The lowest BCUT2D eigenvalue weighted by molar-refractivity contribution is 0.135. The number of sulfonamides is 1. The zero-order chi connectivity index (χ0) is 17.7. The van der Waals surface area contributed by atoms with E-state index in [-0.39, 0.29) is 6.03 Å². The fraction of sp³-hybridized carbons (Fsp3) is 0.562. The van der Waals surface area contributed by atoms with Gasteiger partial charge in [-0.2, -0.15) is 0 Å². The molecule has 0 atom stereocenters. The van der Waals surface area contributed by atoms with Gasteiger partial charge in [0, 0.05) is 53.4 Å². The Bertz CT molecular complexity index is 668. The van der Waals surface area contributed by atoms with E-state index >= 15 is 0 Å². The van der Waals surface area contributed by atoms with Crippen molar-refractivity contribution < 1.29 is 13.2 Å². The van der Waals surface area contributed by atoms with Gasteiger partial charge in [-0.3, -0.25) is 4.90 Å². The van der Waals surface area contributed by atoms with Crippen LogP contribution in [0.3, 0.4) is 0 Å².